The molecule has 2 atom stereocenters. The zero-order chi connectivity index (χ0) is 21.1. The molecule has 1 aliphatic heterocycles. The largest absolute Gasteiger partial charge is 0.468 e. The third kappa shape index (κ3) is 3.86. The molecule has 2 N–H and O–H groups in total. The van der Waals surface area contributed by atoms with Crippen LogP contribution in [0, 0.1) is 5.92 Å². The van der Waals surface area contributed by atoms with Crippen molar-refractivity contribution in [1.82, 2.24) is 15.0 Å². The quantitative estimate of drug-likeness (QED) is 0.371. The summed E-state index contributed by atoms with van der Waals surface area (Å²) < 4.78 is 4.98. The Labute approximate surface area is 177 Å². The van der Waals surface area contributed by atoms with Gasteiger partial charge in [-0.2, -0.15) is 0 Å². The lowest BCUT2D eigenvalue weighted by Crippen LogP contribution is -2.37. The number of fused-ring (bicyclic) bond motifs is 1. The molecule has 152 valence electrons. The number of rotatable bonds is 5. The number of carbonyl (C=O) groups excluding carboxylic acids is 1. The third-order valence-corrected chi connectivity index (χ3v) is 5.89. The maximum Gasteiger partial charge on any atom is 0.315 e. The molecule has 0 radical (unpaired) electrons. The lowest BCUT2D eigenvalue weighted by Gasteiger charge is -2.33. The third-order valence-electron chi connectivity index (χ3n) is 4.95. The van der Waals surface area contributed by atoms with E-state index in [0.29, 0.717) is 33.6 Å². The first-order valence-electron chi connectivity index (χ1n) is 9.33. The van der Waals surface area contributed by atoms with Gasteiger partial charge in [0.2, 0.25) is 0 Å². The number of carbonyl (C=O) groups is 1. The van der Waals surface area contributed by atoms with Crippen molar-refractivity contribution in [3.8, 4) is 0 Å². The predicted octanol–water partition coefficient (Wildman–Crippen LogP) is 3.32. The first-order chi connectivity index (χ1) is 14.6. The van der Waals surface area contributed by atoms with E-state index < -0.39 is 17.8 Å². The number of hydrogen-bond acceptors (Lipinski definition) is 7. The van der Waals surface area contributed by atoms with E-state index in [1.165, 1.54) is 18.9 Å². The standard InChI is InChI=1S/C22H20N4O3S/c1-13-16(21(28)29-2)17(15-9-6-10-23-11-15)18-19(24-13)25-22(26-20(18)27)30-12-14-7-4-3-5-8-14/h3-11,16-17H,1,12H2,2H3,(H2,24,25,26,27). The van der Waals surface area contributed by atoms with Gasteiger partial charge < -0.3 is 15.0 Å². The Bertz CT molecular complexity index is 1130. The molecule has 8 heteroatoms. The van der Waals surface area contributed by atoms with Gasteiger partial charge in [0.05, 0.1) is 12.7 Å². The summed E-state index contributed by atoms with van der Waals surface area (Å²) in [5.74, 6) is -0.778. The molecule has 2 aromatic heterocycles. The Balaban J connectivity index is 1.75. The summed E-state index contributed by atoms with van der Waals surface area (Å²) in [6, 6.07) is 13.5. The number of aromatic amines is 1. The van der Waals surface area contributed by atoms with Crippen LogP contribution in [0.2, 0.25) is 0 Å². The second kappa shape index (κ2) is 8.54. The fraction of sp³-hybridized carbons (Fsp3) is 0.182. The fourth-order valence-corrected chi connectivity index (χ4v) is 4.38. The molecule has 2 unspecified atom stereocenters. The number of benzene rings is 1. The maximum absolute atomic E-state index is 13.1. The average Bonchev–Trinajstić information content (AvgIpc) is 2.77. The van der Waals surface area contributed by atoms with Gasteiger partial charge in [0, 0.05) is 29.8 Å². The summed E-state index contributed by atoms with van der Waals surface area (Å²) in [6.07, 6.45) is 3.28. The van der Waals surface area contributed by atoms with Crippen LogP contribution in [0.25, 0.3) is 0 Å². The van der Waals surface area contributed by atoms with Gasteiger partial charge in [-0.15, -0.1) is 0 Å². The van der Waals surface area contributed by atoms with Gasteiger partial charge in [-0.3, -0.25) is 14.6 Å². The van der Waals surface area contributed by atoms with Crippen LogP contribution in [-0.2, 0) is 15.3 Å². The van der Waals surface area contributed by atoms with Gasteiger partial charge in [-0.1, -0.05) is 54.7 Å². The van der Waals surface area contributed by atoms with E-state index in [0.717, 1.165) is 5.56 Å². The van der Waals surface area contributed by atoms with Crippen LogP contribution in [0.15, 0.2) is 77.1 Å². The topological polar surface area (TPSA) is 97.0 Å². The van der Waals surface area contributed by atoms with E-state index in [9.17, 15) is 9.59 Å². The van der Waals surface area contributed by atoms with Crippen LogP contribution in [-0.4, -0.2) is 28.0 Å². The van der Waals surface area contributed by atoms with Gasteiger partial charge in [0.25, 0.3) is 5.56 Å². The highest BCUT2D eigenvalue weighted by Gasteiger charge is 2.41. The molecule has 1 aromatic carbocycles. The van der Waals surface area contributed by atoms with Gasteiger partial charge in [-0.05, 0) is 17.2 Å². The number of H-pyrrole nitrogens is 1. The monoisotopic (exact) mass is 420 g/mol. The van der Waals surface area contributed by atoms with Crippen LogP contribution in [0.5, 0.6) is 0 Å². The van der Waals surface area contributed by atoms with Crippen molar-refractivity contribution >= 4 is 23.5 Å². The molecule has 7 nitrogen and oxygen atoms in total. The number of nitrogens with one attached hydrogen (secondary N) is 2. The Morgan fingerprint density at radius 1 is 1.23 bits per heavy atom. The Hall–Kier alpha value is -3.39. The normalized spacial score (nSPS) is 17.7. The van der Waals surface area contributed by atoms with Gasteiger partial charge in [0.15, 0.2) is 5.16 Å². The lowest BCUT2D eigenvalue weighted by molar-refractivity contribution is -0.144. The highest BCUT2D eigenvalue weighted by molar-refractivity contribution is 7.98. The van der Waals surface area contributed by atoms with Gasteiger partial charge in [0.1, 0.15) is 11.7 Å². The first-order valence-corrected chi connectivity index (χ1v) is 10.3. The van der Waals surface area contributed by atoms with Gasteiger partial charge >= 0.3 is 5.97 Å². The molecular formula is C22H20N4O3S. The van der Waals surface area contributed by atoms with E-state index in [1.807, 2.05) is 36.4 Å². The number of methoxy groups -OCH3 is 1. The maximum atomic E-state index is 13.1. The molecule has 0 spiro atoms. The van der Waals surface area contributed by atoms with Crippen LogP contribution >= 0.6 is 11.8 Å². The second-order valence-electron chi connectivity index (χ2n) is 6.82. The molecule has 4 rings (SSSR count). The van der Waals surface area contributed by atoms with Crippen molar-refractivity contribution in [2.24, 2.45) is 5.92 Å². The molecule has 0 aliphatic carbocycles. The van der Waals surface area contributed by atoms with E-state index in [1.54, 1.807) is 18.5 Å². The second-order valence-corrected chi connectivity index (χ2v) is 7.79. The molecule has 0 bridgehead atoms. The molecular weight excluding hydrogens is 400 g/mol. The zero-order valence-corrected chi connectivity index (χ0v) is 17.1. The van der Waals surface area contributed by atoms with Crippen molar-refractivity contribution in [3.63, 3.8) is 0 Å². The Morgan fingerprint density at radius 3 is 2.73 bits per heavy atom. The Kier molecular flexibility index (Phi) is 5.67. The SMILES string of the molecule is C=C1Nc2nc(SCc3ccccc3)[nH]c(=O)c2C(c2cccnc2)C1C(=O)OC. The first kappa shape index (κ1) is 19.9. The van der Waals surface area contributed by atoms with Crippen LogP contribution in [0.3, 0.4) is 0 Å². The molecule has 0 amide bonds. The van der Waals surface area contributed by atoms with Crippen molar-refractivity contribution in [3.05, 3.63) is 94.2 Å². The summed E-state index contributed by atoms with van der Waals surface area (Å²) in [6.45, 7) is 4.00. The van der Waals surface area contributed by atoms with Crippen molar-refractivity contribution in [2.75, 3.05) is 12.4 Å². The van der Waals surface area contributed by atoms with Crippen LogP contribution < -0.4 is 10.9 Å². The molecule has 0 saturated carbocycles. The molecule has 1 aliphatic rings. The molecule has 0 fully saturated rings. The Morgan fingerprint density at radius 2 is 2.03 bits per heavy atom. The molecule has 3 heterocycles. The lowest BCUT2D eigenvalue weighted by atomic mass is 9.78. The zero-order valence-electron chi connectivity index (χ0n) is 16.3. The van der Waals surface area contributed by atoms with Gasteiger partial charge in [-0.25, -0.2) is 4.98 Å². The summed E-state index contributed by atoms with van der Waals surface area (Å²) in [5, 5.41) is 3.53. The van der Waals surface area contributed by atoms with Crippen molar-refractivity contribution in [2.45, 2.75) is 16.8 Å². The minimum absolute atomic E-state index is 0.307. The van der Waals surface area contributed by atoms with Crippen molar-refractivity contribution < 1.29 is 9.53 Å². The highest BCUT2D eigenvalue weighted by atomic mass is 32.2. The number of aromatic nitrogens is 3. The number of ether oxygens (including phenoxy) is 1. The van der Waals surface area contributed by atoms with E-state index in [2.05, 4.69) is 26.8 Å². The highest BCUT2D eigenvalue weighted by Crippen LogP contribution is 2.42. The number of esters is 1. The summed E-state index contributed by atoms with van der Waals surface area (Å²) in [5.41, 5.74) is 2.33. The number of nitrogens with zero attached hydrogens (tertiary/aromatic N) is 2. The van der Waals surface area contributed by atoms with E-state index >= 15 is 0 Å². The summed E-state index contributed by atoms with van der Waals surface area (Å²) >= 11 is 1.43. The van der Waals surface area contributed by atoms with Crippen LogP contribution in [0.1, 0.15) is 22.6 Å². The summed E-state index contributed by atoms with van der Waals surface area (Å²) in [7, 11) is 1.32. The molecule has 30 heavy (non-hydrogen) atoms. The smallest absolute Gasteiger partial charge is 0.315 e. The van der Waals surface area contributed by atoms with Crippen molar-refractivity contribution in [1.29, 1.82) is 0 Å². The fourth-order valence-electron chi connectivity index (χ4n) is 3.56. The van der Waals surface area contributed by atoms with Crippen LogP contribution in [0.4, 0.5) is 5.82 Å². The van der Waals surface area contributed by atoms with E-state index in [-0.39, 0.29) is 5.56 Å². The number of hydrogen-bond donors (Lipinski definition) is 2. The summed E-state index contributed by atoms with van der Waals surface area (Å²) in [4.78, 5) is 37.2. The average molecular weight is 420 g/mol. The minimum Gasteiger partial charge on any atom is -0.468 e. The molecule has 0 saturated heterocycles. The number of thioether (sulfide) groups is 1. The predicted molar refractivity (Wildman–Crippen MR) is 115 cm³/mol. The number of pyridine rings is 1. The molecule has 3 aromatic rings. The van der Waals surface area contributed by atoms with E-state index in [4.69, 9.17) is 4.74 Å². The minimum atomic E-state index is -0.766. The number of anilines is 1.